The van der Waals surface area contributed by atoms with Gasteiger partial charge in [-0.1, -0.05) is 17.7 Å². The molecule has 3 rings (SSSR count). The molecular weight excluding hydrogens is 275 g/mol. The minimum Gasteiger partial charge on any atom is -0.302 e. The van der Waals surface area contributed by atoms with Crippen molar-refractivity contribution in [1.29, 1.82) is 0 Å². The second-order valence-electron chi connectivity index (χ2n) is 6.01. The van der Waals surface area contributed by atoms with Crippen LogP contribution in [0.15, 0.2) is 18.2 Å². The third-order valence-electron chi connectivity index (χ3n) is 4.56. The number of hydrogen-bond acceptors (Lipinski definition) is 2. The lowest BCUT2D eigenvalue weighted by atomic mass is 10.1. The Bertz CT molecular complexity index is 460. The number of benzene rings is 1. The van der Waals surface area contributed by atoms with Crippen molar-refractivity contribution in [3.05, 3.63) is 34.6 Å². The second kappa shape index (κ2) is 6.42. The van der Waals surface area contributed by atoms with Crippen LogP contribution in [0, 0.1) is 5.82 Å². The van der Waals surface area contributed by atoms with E-state index in [-0.39, 0.29) is 5.82 Å². The Morgan fingerprint density at radius 1 is 1.15 bits per heavy atom. The molecule has 0 radical (unpaired) electrons. The second-order valence-corrected chi connectivity index (χ2v) is 6.42. The summed E-state index contributed by atoms with van der Waals surface area (Å²) in [4.78, 5) is 5.09. The molecule has 2 aliphatic heterocycles. The molecule has 0 aliphatic carbocycles. The summed E-state index contributed by atoms with van der Waals surface area (Å²) >= 11 is 6.15. The van der Waals surface area contributed by atoms with Crippen molar-refractivity contribution in [1.82, 2.24) is 9.80 Å². The fraction of sp³-hybridized carbons (Fsp3) is 0.625. The molecule has 0 bridgehead atoms. The third-order valence-corrected chi connectivity index (χ3v) is 4.91. The van der Waals surface area contributed by atoms with Gasteiger partial charge in [0.1, 0.15) is 5.82 Å². The van der Waals surface area contributed by atoms with Gasteiger partial charge in [-0.3, -0.25) is 4.90 Å². The van der Waals surface area contributed by atoms with Crippen molar-refractivity contribution >= 4 is 11.6 Å². The van der Waals surface area contributed by atoms with Crippen LogP contribution in [0.25, 0.3) is 0 Å². The fourth-order valence-electron chi connectivity index (χ4n) is 3.44. The van der Waals surface area contributed by atoms with Gasteiger partial charge in [0, 0.05) is 24.2 Å². The zero-order valence-electron chi connectivity index (χ0n) is 11.8. The number of halogens is 2. The predicted octanol–water partition coefficient (Wildman–Crippen LogP) is 3.54. The molecule has 1 unspecified atom stereocenters. The molecule has 0 N–H and O–H groups in total. The highest BCUT2D eigenvalue weighted by Crippen LogP contribution is 2.25. The van der Waals surface area contributed by atoms with Crippen LogP contribution in [0.2, 0.25) is 5.02 Å². The van der Waals surface area contributed by atoms with Crippen LogP contribution in [0.5, 0.6) is 0 Å². The molecule has 2 nitrogen and oxygen atoms in total. The van der Waals surface area contributed by atoms with Crippen molar-refractivity contribution < 1.29 is 4.39 Å². The van der Waals surface area contributed by atoms with Crippen LogP contribution in [0.3, 0.4) is 0 Å². The Labute approximate surface area is 125 Å². The molecule has 0 spiro atoms. The SMILES string of the molecule is Fc1ccc(CN2CCCC2CN2CCCC2)c(Cl)c1. The average molecular weight is 297 g/mol. The molecule has 1 atom stereocenters. The van der Waals surface area contributed by atoms with Gasteiger partial charge >= 0.3 is 0 Å². The van der Waals surface area contributed by atoms with Gasteiger partial charge in [-0.25, -0.2) is 4.39 Å². The van der Waals surface area contributed by atoms with Gasteiger partial charge in [0.15, 0.2) is 0 Å². The van der Waals surface area contributed by atoms with Crippen molar-refractivity contribution in [2.75, 3.05) is 26.2 Å². The minimum absolute atomic E-state index is 0.256. The maximum absolute atomic E-state index is 13.1. The molecule has 0 amide bonds. The van der Waals surface area contributed by atoms with E-state index >= 15 is 0 Å². The summed E-state index contributed by atoms with van der Waals surface area (Å²) in [6, 6.07) is 5.38. The fourth-order valence-corrected chi connectivity index (χ4v) is 3.67. The summed E-state index contributed by atoms with van der Waals surface area (Å²) in [6.07, 6.45) is 5.22. The Hall–Kier alpha value is -0.640. The first-order chi connectivity index (χ1) is 9.72. The zero-order chi connectivity index (χ0) is 13.9. The molecule has 1 aromatic carbocycles. The van der Waals surface area contributed by atoms with Crippen molar-refractivity contribution in [2.24, 2.45) is 0 Å². The standard InChI is InChI=1S/C16H22ClFN2/c17-16-10-14(18)6-5-13(16)11-20-9-3-4-15(20)12-19-7-1-2-8-19/h5-6,10,15H,1-4,7-9,11-12H2. The van der Waals surface area contributed by atoms with E-state index in [1.54, 1.807) is 0 Å². The maximum atomic E-state index is 13.1. The summed E-state index contributed by atoms with van der Waals surface area (Å²) in [7, 11) is 0. The van der Waals surface area contributed by atoms with Gasteiger partial charge < -0.3 is 4.90 Å². The zero-order valence-corrected chi connectivity index (χ0v) is 12.6. The van der Waals surface area contributed by atoms with Gasteiger partial charge in [-0.15, -0.1) is 0 Å². The first-order valence-corrected chi connectivity index (χ1v) is 8.00. The van der Waals surface area contributed by atoms with E-state index in [0.29, 0.717) is 11.1 Å². The van der Waals surface area contributed by atoms with Gasteiger partial charge in [0.25, 0.3) is 0 Å². The smallest absolute Gasteiger partial charge is 0.124 e. The molecule has 0 aromatic heterocycles. The lowest BCUT2D eigenvalue weighted by molar-refractivity contribution is 0.185. The molecule has 0 saturated carbocycles. The topological polar surface area (TPSA) is 6.48 Å². The van der Waals surface area contributed by atoms with Gasteiger partial charge in [0.05, 0.1) is 0 Å². The summed E-state index contributed by atoms with van der Waals surface area (Å²) < 4.78 is 13.1. The van der Waals surface area contributed by atoms with Gasteiger partial charge in [-0.2, -0.15) is 0 Å². The molecule has 110 valence electrons. The van der Waals surface area contributed by atoms with E-state index < -0.39 is 0 Å². The molecule has 20 heavy (non-hydrogen) atoms. The third kappa shape index (κ3) is 3.33. The monoisotopic (exact) mass is 296 g/mol. The Kier molecular flexibility index (Phi) is 4.59. The van der Waals surface area contributed by atoms with Crippen molar-refractivity contribution in [3.63, 3.8) is 0 Å². The highest BCUT2D eigenvalue weighted by Gasteiger charge is 2.27. The average Bonchev–Trinajstić information content (AvgIpc) is 3.06. The molecule has 4 heteroatoms. The lowest BCUT2D eigenvalue weighted by Crippen LogP contribution is -2.38. The molecule has 2 aliphatic rings. The van der Waals surface area contributed by atoms with E-state index in [4.69, 9.17) is 11.6 Å². The molecule has 2 saturated heterocycles. The van der Waals surface area contributed by atoms with Crippen LogP contribution in [0.4, 0.5) is 4.39 Å². The Morgan fingerprint density at radius 2 is 1.95 bits per heavy atom. The van der Waals surface area contributed by atoms with E-state index in [9.17, 15) is 4.39 Å². The predicted molar refractivity (Wildman–Crippen MR) is 80.5 cm³/mol. The molecule has 2 heterocycles. The van der Waals surface area contributed by atoms with Crippen LogP contribution in [-0.4, -0.2) is 42.0 Å². The Morgan fingerprint density at radius 3 is 2.70 bits per heavy atom. The first-order valence-electron chi connectivity index (χ1n) is 7.63. The highest BCUT2D eigenvalue weighted by molar-refractivity contribution is 6.31. The molecular formula is C16H22ClFN2. The van der Waals surface area contributed by atoms with Gasteiger partial charge in [0.2, 0.25) is 0 Å². The number of hydrogen-bond donors (Lipinski definition) is 0. The van der Waals surface area contributed by atoms with Gasteiger partial charge in [-0.05, 0) is 63.0 Å². The van der Waals surface area contributed by atoms with E-state index in [2.05, 4.69) is 9.80 Å². The summed E-state index contributed by atoms with van der Waals surface area (Å²) in [5.74, 6) is -0.256. The lowest BCUT2D eigenvalue weighted by Gasteiger charge is -2.28. The van der Waals surface area contributed by atoms with Crippen molar-refractivity contribution in [3.8, 4) is 0 Å². The maximum Gasteiger partial charge on any atom is 0.124 e. The number of likely N-dealkylation sites (tertiary alicyclic amines) is 2. The largest absolute Gasteiger partial charge is 0.302 e. The summed E-state index contributed by atoms with van der Waals surface area (Å²) in [6.45, 7) is 5.66. The van der Waals surface area contributed by atoms with E-state index in [1.165, 1.54) is 57.5 Å². The summed E-state index contributed by atoms with van der Waals surface area (Å²) in [5, 5.41) is 0.553. The Balaban J connectivity index is 1.62. The molecule has 2 fully saturated rings. The van der Waals surface area contributed by atoms with Crippen LogP contribution >= 0.6 is 11.6 Å². The normalized spacial score (nSPS) is 24.6. The van der Waals surface area contributed by atoms with E-state index in [0.717, 1.165) is 18.7 Å². The number of nitrogens with zero attached hydrogens (tertiary/aromatic N) is 2. The summed E-state index contributed by atoms with van der Waals surface area (Å²) in [5.41, 5.74) is 1.04. The first kappa shape index (κ1) is 14.3. The van der Waals surface area contributed by atoms with E-state index in [1.807, 2.05) is 6.07 Å². The van der Waals surface area contributed by atoms with Crippen molar-refractivity contribution in [2.45, 2.75) is 38.3 Å². The van der Waals surface area contributed by atoms with Crippen LogP contribution < -0.4 is 0 Å². The quantitative estimate of drug-likeness (QED) is 0.838. The van der Waals surface area contributed by atoms with Crippen LogP contribution in [0.1, 0.15) is 31.2 Å². The minimum atomic E-state index is -0.256. The number of rotatable bonds is 4. The molecule has 1 aromatic rings. The highest BCUT2D eigenvalue weighted by atomic mass is 35.5. The van der Waals surface area contributed by atoms with Crippen LogP contribution in [-0.2, 0) is 6.54 Å².